The zero-order chi connectivity index (χ0) is 21.4. The Morgan fingerprint density at radius 1 is 0.931 bits per heavy atom. The van der Waals surface area contributed by atoms with Crippen molar-refractivity contribution in [3.05, 3.63) is 59.4 Å². The number of halogens is 3. The first-order valence-corrected chi connectivity index (χ1v) is 8.32. The fourth-order valence-electron chi connectivity index (χ4n) is 2.09. The number of nitrogens with one attached hydrogen (secondary N) is 2. The molecule has 7 nitrogen and oxygen atoms in total. The number of hydrogen-bond donors (Lipinski definition) is 2. The number of aryl methyl sites for hydroxylation is 1. The third kappa shape index (κ3) is 6.52. The molecule has 2 aromatic carbocycles. The largest absolute Gasteiger partial charge is 0.482 e. The van der Waals surface area contributed by atoms with Gasteiger partial charge in [0.1, 0.15) is 5.75 Å². The van der Waals surface area contributed by atoms with Crippen molar-refractivity contribution in [2.24, 2.45) is 0 Å². The van der Waals surface area contributed by atoms with Crippen LogP contribution in [0.5, 0.6) is 5.75 Å². The summed E-state index contributed by atoms with van der Waals surface area (Å²) in [6.07, 6.45) is 0. The van der Waals surface area contributed by atoms with Crippen molar-refractivity contribution >= 4 is 23.5 Å². The van der Waals surface area contributed by atoms with Gasteiger partial charge in [-0.3, -0.25) is 9.59 Å². The Morgan fingerprint density at radius 2 is 1.66 bits per heavy atom. The smallest absolute Gasteiger partial charge is 0.344 e. The Bertz CT molecular complexity index is 921. The molecule has 2 N–H and O–H groups in total. The van der Waals surface area contributed by atoms with Crippen LogP contribution in [0.15, 0.2) is 36.4 Å². The van der Waals surface area contributed by atoms with Gasteiger partial charge in [-0.15, -0.1) is 0 Å². The Labute approximate surface area is 163 Å². The van der Waals surface area contributed by atoms with E-state index in [9.17, 15) is 27.6 Å². The Kier molecular flexibility index (Phi) is 7.58. The summed E-state index contributed by atoms with van der Waals surface area (Å²) in [4.78, 5) is 34.9. The summed E-state index contributed by atoms with van der Waals surface area (Å²) in [7, 11) is 0. The van der Waals surface area contributed by atoms with Crippen LogP contribution in [0.4, 0.5) is 18.9 Å². The number of hydrogen-bond acceptors (Lipinski definition) is 5. The van der Waals surface area contributed by atoms with Gasteiger partial charge in [-0.1, -0.05) is 18.2 Å². The second-order valence-corrected chi connectivity index (χ2v) is 5.76. The number of esters is 1. The molecule has 154 valence electrons. The average molecular weight is 410 g/mol. The van der Waals surface area contributed by atoms with Crippen LogP contribution in [0.1, 0.15) is 5.56 Å². The summed E-state index contributed by atoms with van der Waals surface area (Å²) in [6.45, 7) is 0.122. The number of amides is 2. The van der Waals surface area contributed by atoms with Gasteiger partial charge in [-0.05, 0) is 30.7 Å². The molecule has 2 amide bonds. The van der Waals surface area contributed by atoms with E-state index < -0.39 is 60.7 Å². The van der Waals surface area contributed by atoms with Gasteiger partial charge in [0.2, 0.25) is 5.91 Å². The molecule has 2 aromatic rings. The minimum atomic E-state index is -1.73. The molecule has 0 spiro atoms. The number of benzene rings is 2. The van der Waals surface area contributed by atoms with Gasteiger partial charge < -0.3 is 20.1 Å². The Morgan fingerprint density at radius 3 is 2.38 bits per heavy atom. The number of para-hydroxylation sites is 1. The molecule has 0 saturated carbocycles. The summed E-state index contributed by atoms with van der Waals surface area (Å²) >= 11 is 0. The highest BCUT2D eigenvalue weighted by Gasteiger charge is 2.16. The molecule has 0 aliphatic carbocycles. The molecule has 29 heavy (non-hydrogen) atoms. The monoisotopic (exact) mass is 410 g/mol. The van der Waals surface area contributed by atoms with E-state index >= 15 is 0 Å². The normalized spacial score (nSPS) is 10.2. The van der Waals surface area contributed by atoms with Crippen LogP contribution in [0.3, 0.4) is 0 Å². The standard InChI is InChI=1S/C19H17F3N2O5/c1-11-4-2-3-5-14(11)28-10-17(27)29-9-16(26)23-8-15(25)24-13-7-6-12(20)18(21)19(13)22/h2-7H,8-10H2,1H3,(H,23,26)(H,24,25). The van der Waals surface area contributed by atoms with E-state index in [1.54, 1.807) is 25.1 Å². The van der Waals surface area contributed by atoms with E-state index in [1.165, 1.54) is 0 Å². The van der Waals surface area contributed by atoms with Gasteiger partial charge in [0.15, 0.2) is 30.7 Å². The molecule has 0 radical (unpaired) electrons. The van der Waals surface area contributed by atoms with Crippen LogP contribution in [-0.4, -0.2) is 37.5 Å². The molecule has 0 aliphatic rings. The maximum absolute atomic E-state index is 13.5. The first-order valence-electron chi connectivity index (χ1n) is 8.32. The van der Waals surface area contributed by atoms with Crippen LogP contribution in [0.2, 0.25) is 0 Å². The van der Waals surface area contributed by atoms with Crippen molar-refractivity contribution in [2.75, 3.05) is 25.1 Å². The van der Waals surface area contributed by atoms with Gasteiger partial charge in [-0.2, -0.15) is 0 Å². The van der Waals surface area contributed by atoms with Gasteiger partial charge in [0, 0.05) is 0 Å². The number of ether oxygens (including phenoxy) is 2. The van der Waals surface area contributed by atoms with Crippen molar-refractivity contribution in [3.8, 4) is 5.75 Å². The van der Waals surface area contributed by atoms with Gasteiger partial charge in [-0.25, -0.2) is 18.0 Å². The van der Waals surface area contributed by atoms with E-state index in [4.69, 9.17) is 9.47 Å². The van der Waals surface area contributed by atoms with E-state index in [2.05, 4.69) is 5.32 Å². The summed E-state index contributed by atoms with van der Waals surface area (Å²) < 4.78 is 49.4. The third-order valence-corrected chi connectivity index (χ3v) is 3.56. The second kappa shape index (κ2) is 10.1. The summed E-state index contributed by atoms with van der Waals surface area (Å²) in [5.41, 5.74) is 0.240. The maximum atomic E-state index is 13.5. The highest BCUT2D eigenvalue weighted by Crippen LogP contribution is 2.19. The number of rotatable bonds is 8. The van der Waals surface area contributed by atoms with E-state index in [0.717, 1.165) is 11.6 Å². The van der Waals surface area contributed by atoms with Crippen molar-refractivity contribution in [2.45, 2.75) is 6.92 Å². The summed E-state index contributed by atoms with van der Waals surface area (Å²) in [5, 5.41) is 4.11. The predicted octanol–water partition coefficient (Wildman–Crippen LogP) is 2.09. The second-order valence-electron chi connectivity index (χ2n) is 5.76. The molecule has 0 atom stereocenters. The molecule has 10 heteroatoms. The minimum absolute atomic E-state index is 0.409. The molecule has 0 aromatic heterocycles. The predicted molar refractivity (Wildman–Crippen MR) is 95.6 cm³/mol. The van der Waals surface area contributed by atoms with Crippen molar-refractivity contribution in [1.29, 1.82) is 0 Å². The van der Waals surface area contributed by atoms with Crippen LogP contribution < -0.4 is 15.4 Å². The molecule has 0 heterocycles. The van der Waals surface area contributed by atoms with Crippen LogP contribution >= 0.6 is 0 Å². The van der Waals surface area contributed by atoms with Crippen LogP contribution in [0, 0.1) is 24.4 Å². The molecule has 0 unspecified atom stereocenters. The lowest BCUT2D eigenvalue weighted by Crippen LogP contribution is -2.36. The zero-order valence-corrected chi connectivity index (χ0v) is 15.3. The van der Waals surface area contributed by atoms with E-state index in [1.807, 2.05) is 11.4 Å². The van der Waals surface area contributed by atoms with E-state index in [-0.39, 0.29) is 0 Å². The summed E-state index contributed by atoms with van der Waals surface area (Å²) in [5.74, 6) is -6.68. The maximum Gasteiger partial charge on any atom is 0.344 e. The Hall–Kier alpha value is -3.56. The van der Waals surface area contributed by atoms with Crippen LogP contribution in [-0.2, 0) is 19.1 Å². The molecule has 0 saturated heterocycles. The lowest BCUT2D eigenvalue weighted by molar-refractivity contribution is -0.150. The molecular weight excluding hydrogens is 393 g/mol. The van der Waals surface area contributed by atoms with Gasteiger partial charge in [0.25, 0.3) is 5.91 Å². The van der Waals surface area contributed by atoms with Gasteiger partial charge >= 0.3 is 5.97 Å². The first kappa shape index (κ1) is 21.7. The first-order chi connectivity index (χ1) is 13.8. The van der Waals surface area contributed by atoms with E-state index in [0.29, 0.717) is 11.8 Å². The lowest BCUT2D eigenvalue weighted by Gasteiger charge is -2.10. The average Bonchev–Trinajstić information content (AvgIpc) is 2.70. The van der Waals surface area contributed by atoms with Gasteiger partial charge in [0.05, 0.1) is 12.2 Å². The highest BCUT2D eigenvalue weighted by atomic mass is 19.2. The fourth-order valence-corrected chi connectivity index (χ4v) is 2.09. The van der Waals surface area contributed by atoms with Crippen molar-refractivity contribution in [3.63, 3.8) is 0 Å². The number of anilines is 1. The molecule has 0 fully saturated rings. The third-order valence-electron chi connectivity index (χ3n) is 3.56. The fraction of sp³-hybridized carbons (Fsp3) is 0.211. The minimum Gasteiger partial charge on any atom is -0.482 e. The molecule has 2 rings (SSSR count). The lowest BCUT2D eigenvalue weighted by atomic mass is 10.2. The SMILES string of the molecule is Cc1ccccc1OCC(=O)OCC(=O)NCC(=O)Nc1ccc(F)c(F)c1F. The van der Waals surface area contributed by atoms with Crippen LogP contribution in [0.25, 0.3) is 0 Å². The quantitative estimate of drug-likeness (QED) is 0.514. The molecular formula is C19H17F3N2O5. The highest BCUT2D eigenvalue weighted by molar-refractivity contribution is 5.94. The molecule has 0 bridgehead atoms. The topological polar surface area (TPSA) is 93.7 Å². The summed E-state index contributed by atoms with van der Waals surface area (Å²) in [6, 6.07) is 8.49. The van der Waals surface area contributed by atoms with Crippen molar-refractivity contribution in [1.82, 2.24) is 5.32 Å². The Balaban J connectivity index is 1.70. The van der Waals surface area contributed by atoms with Crippen molar-refractivity contribution < 1.29 is 37.0 Å². The number of carbonyl (C=O) groups excluding carboxylic acids is 3. The zero-order valence-electron chi connectivity index (χ0n) is 15.3. The molecule has 0 aliphatic heterocycles. The number of carbonyl (C=O) groups is 3.